The Balaban J connectivity index is 1.70. The lowest BCUT2D eigenvalue weighted by Gasteiger charge is -2.27. The van der Waals surface area contributed by atoms with Gasteiger partial charge in [-0.3, -0.25) is 20.5 Å². The number of ether oxygens (including phenoxy) is 1. The number of hydrogen-bond acceptors (Lipinski definition) is 8. The monoisotopic (exact) mass is 378 g/mol. The van der Waals surface area contributed by atoms with Crippen LogP contribution in [0, 0.1) is 11.7 Å². The second kappa shape index (κ2) is 8.23. The van der Waals surface area contributed by atoms with Gasteiger partial charge < -0.3 is 9.84 Å². The molecular weight excluding hydrogens is 359 g/mol. The molecule has 1 aliphatic rings. The van der Waals surface area contributed by atoms with Gasteiger partial charge in [0.05, 0.1) is 6.04 Å². The quantitative estimate of drug-likeness (QED) is 0.355. The van der Waals surface area contributed by atoms with E-state index in [1.807, 2.05) is 5.48 Å². The van der Waals surface area contributed by atoms with E-state index in [4.69, 9.17) is 9.84 Å². The van der Waals surface area contributed by atoms with Crippen LogP contribution in [0.3, 0.4) is 0 Å². The molecule has 0 saturated heterocycles. The van der Waals surface area contributed by atoms with Crippen molar-refractivity contribution >= 4 is 11.6 Å². The summed E-state index contributed by atoms with van der Waals surface area (Å²) < 4.78 is 23.3. The predicted octanol–water partition coefficient (Wildman–Crippen LogP) is 1.20. The van der Waals surface area contributed by atoms with Crippen molar-refractivity contribution in [2.24, 2.45) is 10.9 Å². The van der Waals surface area contributed by atoms with Crippen LogP contribution in [0.2, 0.25) is 0 Å². The zero-order valence-electron chi connectivity index (χ0n) is 14.6. The zero-order chi connectivity index (χ0) is 19.4. The Morgan fingerprint density at radius 1 is 1.52 bits per heavy atom. The highest BCUT2D eigenvalue weighted by Crippen LogP contribution is 2.37. The van der Waals surface area contributed by atoms with Crippen LogP contribution in [0.15, 0.2) is 27.8 Å². The molecule has 27 heavy (non-hydrogen) atoms. The average molecular weight is 378 g/mol. The Kier molecular flexibility index (Phi) is 5.77. The Labute approximate surface area is 153 Å². The van der Waals surface area contributed by atoms with E-state index >= 15 is 0 Å². The number of aliphatic hydroxyl groups is 1. The maximum atomic E-state index is 13.4. The molecule has 2 atom stereocenters. The highest BCUT2D eigenvalue weighted by Gasteiger charge is 2.28. The van der Waals surface area contributed by atoms with Gasteiger partial charge >= 0.3 is 0 Å². The molecule has 3 N–H and O–H groups in total. The number of carbonyl (C=O) groups excluding carboxylic acids is 1. The van der Waals surface area contributed by atoms with Crippen molar-refractivity contribution < 1.29 is 28.9 Å². The minimum absolute atomic E-state index is 0.00893. The van der Waals surface area contributed by atoms with Crippen molar-refractivity contribution in [2.75, 3.05) is 13.2 Å². The van der Waals surface area contributed by atoms with Crippen molar-refractivity contribution in [3.05, 3.63) is 40.8 Å². The Morgan fingerprint density at radius 2 is 2.33 bits per heavy atom. The number of hydroxylamine groups is 1. The van der Waals surface area contributed by atoms with Gasteiger partial charge in [-0.15, -0.1) is 0 Å². The van der Waals surface area contributed by atoms with Crippen LogP contribution in [-0.2, 0) is 11.2 Å². The molecule has 1 heterocycles. The van der Waals surface area contributed by atoms with Gasteiger partial charge in [-0.1, -0.05) is 13.0 Å². The molecule has 0 saturated carbocycles. The molecule has 0 spiro atoms. The fourth-order valence-electron chi connectivity index (χ4n) is 2.74. The van der Waals surface area contributed by atoms with E-state index in [1.54, 1.807) is 13.0 Å². The molecule has 0 bridgehead atoms. The molecule has 0 radical (unpaired) electrons. The molecule has 3 rings (SSSR count). The van der Waals surface area contributed by atoms with Crippen molar-refractivity contribution in [3.8, 4) is 5.88 Å². The molecule has 0 fully saturated rings. The first-order valence-corrected chi connectivity index (χ1v) is 8.36. The van der Waals surface area contributed by atoms with Crippen molar-refractivity contribution in [1.82, 2.24) is 15.8 Å². The number of aliphatic hydroxyl groups excluding tert-OH is 1. The summed E-state index contributed by atoms with van der Waals surface area (Å²) in [6, 6.07) is 4.10. The zero-order valence-corrected chi connectivity index (χ0v) is 14.6. The number of nitrogens with zero attached hydrogens (tertiary/aromatic N) is 3. The number of nitrogens with one attached hydrogen (secondary N) is 1. The Bertz CT molecular complexity index is 854. The lowest BCUT2D eigenvalue weighted by atomic mass is 9.83. The highest BCUT2D eigenvalue weighted by molar-refractivity contribution is 5.98. The number of aromatic nitrogens is 2. The van der Waals surface area contributed by atoms with Crippen LogP contribution in [0.25, 0.3) is 0 Å². The summed E-state index contributed by atoms with van der Waals surface area (Å²) in [6.07, 6.45) is 0.737. The average Bonchev–Trinajstić information content (AvgIpc) is 3.11. The number of aliphatic imine (C=N–C) groups is 1. The third kappa shape index (κ3) is 4.29. The van der Waals surface area contributed by atoms with Crippen molar-refractivity contribution in [3.63, 3.8) is 0 Å². The standard InChI is InChI=1S/C17H19FN4O5/c1-9(7-23)4-12(24)8-26-17-15(21-27-22-17)16(20-25)19-14-5-10-2-3-11(18)6-13(10)14/h2-3,6,9,14,23,25H,4-5,7-8H2,1H3,(H,19,20)/t9-,14+/m1/s1. The third-order valence-electron chi connectivity index (χ3n) is 4.21. The highest BCUT2D eigenvalue weighted by atomic mass is 19.1. The van der Waals surface area contributed by atoms with Gasteiger partial charge in [0, 0.05) is 13.0 Å². The topological polar surface area (TPSA) is 130 Å². The smallest absolute Gasteiger partial charge is 0.287 e. The number of hydrogen-bond donors (Lipinski definition) is 3. The number of rotatable bonds is 8. The maximum Gasteiger partial charge on any atom is 0.287 e. The first-order chi connectivity index (χ1) is 13.0. The van der Waals surface area contributed by atoms with E-state index in [-0.39, 0.29) is 60.6 Å². The first kappa shape index (κ1) is 18.9. The molecule has 10 heteroatoms. The van der Waals surface area contributed by atoms with Gasteiger partial charge in [-0.05, 0) is 45.9 Å². The van der Waals surface area contributed by atoms with Gasteiger partial charge in [0.15, 0.2) is 11.6 Å². The molecule has 0 unspecified atom stereocenters. The molecule has 1 aliphatic carbocycles. The van der Waals surface area contributed by atoms with Crippen LogP contribution in [0.4, 0.5) is 4.39 Å². The summed E-state index contributed by atoms with van der Waals surface area (Å²) in [4.78, 5) is 16.1. The lowest BCUT2D eigenvalue weighted by Crippen LogP contribution is -2.26. The summed E-state index contributed by atoms with van der Waals surface area (Å²) in [7, 11) is 0. The number of benzene rings is 1. The van der Waals surface area contributed by atoms with Crippen LogP contribution in [0.5, 0.6) is 5.88 Å². The minimum Gasteiger partial charge on any atom is -0.466 e. The van der Waals surface area contributed by atoms with E-state index < -0.39 is 0 Å². The molecule has 144 valence electrons. The van der Waals surface area contributed by atoms with E-state index in [0.717, 1.165) is 11.1 Å². The summed E-state index contributed by atoms with van der Waals surface area (Å²) in [5.41, 5.74) is 3.60. The first-order valence-electron chi connectivity index (χ1n) is 8.36. The van der Waals surface area contributed by atoms with Crippen LogP contribution < -0.4 is 10.2 Å². The number of ketones is 1. The van der Waals surface area contributed by atoms with Crippen LogP contribution in [0.1, 0.15) is 36.2 Å². The van der Waals surface area contributed by atoms with Crippen molar-refractivity contribution in [2.45, 2.75) is 25.8 Å². The Hall–Kier alpha value is -2.85. The molecular formula is C17H19FN4O5. The van der Waals surface area contributed by atoms with E-state index in [9.17, 15) is 14.4 Å². The second-order valence-corrected chi connectivity index (χ2v) is 6.39. The number of halogens is 1. The predicted molar refractivity (Wildman–Crippen MR) is 90.0 cm³/mol. The summed E-state index contributed by atoms with van der Waals surface area (Å²) >= 11 is 0. The molecule has 1 aromatic heterocycles. The lowest BCUT2D eigenvalue weighted by molar-refractivity contribution is -0.122. The summed E-state index contributed by atoms with van der Waals surface area (Å²) in [5.74, 6) is -0.952. The maximum absolute atomic E-state index is 13.4. The van der Waals surface area contributed by atoms with Crippen LogP contribution in [-0.4, -0.2) is 45.5 Å². The van der Waals surface area contributed by atoms with E-state index in [2.05, 4.69) is 19.9 Å². The van der Waals surface area contributed by atoms with E-state index in [1.165, 1.54) is 12.1 Å². The van der Waals surface area contributed by atoms with Gasteiger partial charge in [0.1, 0.15) is 12.4 Å². The Morgan fingerprint density at radius 3 is 3.07 bits per heavy atom. The fraction of sp³-hybridized carbons (Fsp3) is 0.412. The molecule has 9 nitrogen and oxygen atoms in total. The van der Waals surface area contributed by atoms with Crippen LogP contribution >= 0.6 is 0 Å². The largest absolute Gasteiger partial charge is 0.466 e. The number of amidine groups is 1. The SMILES string of the molecule is C[C@@H](CO)CC(=O)COc1nonc1C(=N[C@H]1Cc2ccc(F)cc21)NO. The normalized spacial score (nSPS) is 17.0. The van der Waals surface area contributed by atoms with E-state index in [0.29, 0.717) is 6.42 Å². The third-order valence-corrected chi connectivity index (χ3v) is 4.21. The number of fused-ring (bicyclic) bond motifs is 1. The molecule has 0 amide bonds. The summed E-state index contributed by atoms with van der Waals surface area (Å²) in [6.45, 7) is 1.35. The van der Waals surface area contributed by atoms with Gasteiger partial charge in [0.25, 0.3) is 5.88 Å². The number of carbonyl (C=O) groups is 1. The fourth-order valence-corrected chi connectivity index (χ4v) is 2.74. The molecule has 0 aliphatic heterocycles. The molecule has 1 aromatic carbocycles. The summed E-state index contributed by atoms with van der Waals surface area (Å²) in [5, 5.41) is 25.6. The van der Waals surface area contributed by atoms with Gasteiger partial charge in [-0.25, -0.2) is 9.02 Å². The molecule has 2 aromatic rings. The van der Waals surface area contributed by atoms with Gasteiger partial charge in [0.2, 0.25) is 5.69 Å². The second-order valence-electron chi connectivity index (χ2n) is 6.39. The minimum atomic E-state index is -0.366. The number of Topliss-reactive ketones (excluding diaryl/α,β-unsaturated/α-hetero) is 1. The van der Waals surface area contributed by atoms with Gasteiger partial charge in [-0.2, -0.15) is 0 Å². The van der Waals surface area contributed by atoms with Crippen molar-refractivity contribution in [1.29, 1.82) is 0 Å².